The minimum atomic E-state index is -2.56. The van der Waals surface area contributed by atoms with Crippen molar-refractivity contribution in [3.63, 3.8) is 0 Å². The Morgan fingerprint density at radius 1 is 1.07 bits per heavy atom. The monoisotopic (exact) mass is 393 g/mol. The molecule has 1 amide bonds. The number of amides is 1. The summed E-state index contributed by atoms with van der Waals surface area (Å²) in [6, 6.07) is 11.9. The molecular weight excluding hydrogens is 372 g/mol. The number of alkyl halides is 2. The smallest absolute Gasteiger partial charge is 0.251 e. The quantitative estimate of drug-likeness (QED) is 0.857. The van der Waals surface area contributed by atoms with Crippen LogP contribution in [0.1, 0.15) is 51.0 Å². The van der Waals surface area contributed by atoms with Crippen molar-refractivity contribution in [2.24, 2.45) is 4.99 Å². The van der Waals surface area contributed by atoms with Gasteiger partial charge in [-0.15, -0.1) is 0 Å². The molecule has 0 radical (unpaired) electrons. The van der Waals surface area contributed by atoms with Crippen LogP contribution >= 0.6 is 0 Å². The zero-order valence-electron chi connectivity index (χ0n) is 16.0. The Hall–Kier alpha value is -3.02. The Morgan fingerprint density at radius 2 is 1.83 bits per heavy atom. The normalized spacial score (nSPS) is 19.4. The third-order valence-corrected chi connectivity index (χ3v) is 6.04. The molecule has 148 valence electrons. The number of carbonyl (C=O) groups excluding carboxylic acids is 1. The topological polar surface area (TPSA) is 44.7 Å². The SMILES string of the molecule is C=C(c1ccc2c(c1)CN=C2c1ccc2c(c1)CNC2=O)N1CCC(F)(F)CC1. The maximum atomic E-state index is 13.4. The van der Waals surface area contributed by atoms with Gasteiger partial charge in [-0.3, -0.25) is 9.79 Å². The minimum Gasteiger partial charge on any atom is -0.371 e. The van der Waals surface area contributed by atoms with Gasteiger partial charge in [-0.2, -0.15) is 0 Å². The largest absolute Gasteiger partial charge is 0.371 e. The zero-order chi connectivity index (χ0) is 20.2. The number of rotatable bonds is 3. The van der Waals surface area contributed by atoms with E-state index in [1.807, 2.05) is 35.2 Å². The maximum Gasteiger partial charge on any atom is 0.251 e. The fraction of sp³-hybridized carbons (Fsp3) is 0.304. The molecule has 0 aliphatic carbocycles. The Labute approximate surface area is 167 Å². The number of hydrogen-bond donors (Lipinski definition) is 1. The van der Waals surface area contributed by atoms with Gasteiger partial charge in [0.15, 0.2) is 0 Å². The van der Waals surface area contributed by atoms with Crippen LogP contribution in [0.3, 0.4) is 0 Å². The van der Waals surface area contributed by atoms with Crippen molar-refractivity contribution in [3.05, 3.63) is 76.4 Å². The first-order valence-electron chi connectivity index (χ1n) is 9.83. The van der Waals surface area contributed by atoms with Crippen LogP contribution in [0.4, 0.5) is 8.78 Å². The van der Waals surface area contributed by atoms with E-state index in [-0.39, 0.29) is 18.7 Å². The van der Waals surface area contributed by atoms with E-state index >= 15 is 0 Å². The molecule has 2 aromatic rings. The molecule has 0 unspecified atom stereocenters. The molecule has 0 spiro atoms. The number of benzene rings is 2. The number of fused-ring (bicyclic) bond motifs is 2. The molecule has 0 saturated carbocycles. The average Bonchev–Trinajstić information content (AvgIpc) is 3.30. The maximum absolute atomic E-state index is 13.4. The van der Waals surface area contributed by atoms with Crippen LogP contribution in [0.2, 0.25) is 0 Å². The van der Waals surface area contributed by atoms with Crippen LogP contribution in [-0.2, 0) is 13.1 Å². The highest BCUT2D eigenvalue weighted by Gasteiger charge is 2.34. The molecule has 5 rings (SSSR count). The minimum absolute atomic E-state index is 0.0288. The molecule has 0 bridgehead atoms. The van der Waals surface area contributed by atoms with Crippen LogP contribution < -0.4 is 5.32 Å². The van der Waals surface area contributed by atoms with E-state index in [0.29, 0.717) is 26.2 Å². The zero-order valence-corrected chi connectivity index (χ0v) is 16.0. The number of nitrogens with one attached hydrogen (secondary N) is 1. The van der Waals surface area contributed by atoms with Crippen molar-refractivity contribution in [1.29, 1.82) is 0 Å². The highest BCUT2D eigenvalue weighted by molar-refractivity contribution is 6.15. The van der Waals surface area contributed by atoms with E-state index in [2.05, 4.69) is 18.0 Å². The van der Waals surface area contributed by atoms with Gasteiger partial charge in [0.1, 0.15) is 0 Å². The second-order valence-corrected chi connectivity index (χ2v) is 7.88. The molecule has 2 aromatic carbocycles. The first-order valence-corrected chi connectivity index (χ1v) is 9.83. The summed E-state index contributed by atoms with van der Waals surface area (Å²) >= 11 is 0. The number of hydrogen-bond acceptors (Lipinski definition) is 3. The van der Waals surface area contributed by atoms with Gasteiger partial charge in [0.2, 0.25) is 0 Å². The Balaban J connectivity index is 1.38. The fourth-order valence-corrected chi connectivity index (χ4v) is 4.30. The molecule has 6 heteroatoms. The lowest BCUT2D eigenvalue weighted by atomic mass is 9.95. The Morgan fingerprint density at radius 3 is 2.62 bits per heavy atom. The summed E-state index contributed by atoms with van der Waals surface area (Å²) in [5, 5.41) is 2.84. The first-order chi connectivity index (χ1) is 13.9. The van der Waals surface area contributed by atoms with Crippen LogP contribution in [0.5, 0.6) is 0 Å². The first kappa shape index (κ1) is 18.0. The summed E-state index contributed by atoms with van der Waals surface area (Å²) in [6.07, 6.45) is -0.250. The van der Waals surface area contributed by atoms with Gasteiger partial charge in [0.25, 0.3) is 11.8 Å². The molecule has 1 saturated heterocycles. The predicted molar refractivity (Wildman–Crippen MR) is 108 cm³/mol. The van der Waals surface area contributed by atoms with E-state index in [4.69, 9.17) is 4.99 Å². The van der Waals surface area contributed by atoms with Gasteiger partial charge in [-0.25, -0.2) is 8.78 Å². The molecule has 3 heterocycles. The molecule has 1 N–H and O–H groups in total. The summed E-state index contributed by atoms with van der Waals surface area (Å²) in [4.78, 5) is 18.4. The number of carbonyl (C=O) groups is 1. The summed E-state index contributed by atoms with van der Waals surface area (Å²) in [5.41, 5.74) is 7.58. The molecule has 3 aliphatic heterocycles. The van der Waals surface area contributed by atoms with Crippen molar-refractivity contribution in [3.8, 4) is 0 Å². The summed E-state index contributed by atoms with van der Waals surface area (Å²) in [6.45, 7) is 5.93. The van der Waals surface area contributed by atoms with Crippen molar-refractivity contribution >= 4 is 17.3 Å². The van der Waals surface area contributed by atoms with Crippen molar-refractivity contribution < 1.29 is 13.6 Å². The van der Waals surface area contributed by atoms with E-state index in [1.54, 1.807) is 0 Å². The van der Waals surface area contributed by atoms with E-state index in [9.17, 15) is 13.6 Å². The molecule has 1 fully saturated rings. The predicted octanol–water partition coefficient (Wildman–Crippen LogP) is 3.98. The highest BCUT2D eigenvalue weighted by atomic mass is 19.3. The lowest BCUT2D eigenvalue weighted by molar-refractivity contribution is -0.0450. The van der Waals surface area contributed by atoms with Gasteiger partial charge >= 0.3 is 0 Å². The number of piperidine rings is 1. The van der Waals surface area contributed by atoms with Crippen molar-refractivity contribution in [1.82, 2.24) is 10.2 Å². The second kappa shape index (κ2) is 6.51. The molecule has 29 heavy (non-hydrogen) atoms. The lowest BCUT2D eigenvalue weighted by Crippen LogP contribution is -2.38. The summed E-state index contributed by atoms with van der Waals surface area (Å²) in [5.74, 6) is -2.59. The number of aliphatic imine (C=N–C) groups is 1. The number of halogens is 2. The van der Waals surface area contributed by atoms with Gasteiger partial charge in [0, 0.05) is 54.9 Å². The summed E-state index contributed by atoms with van der Waals surface area (Å²) < 4.78 is 26.9. The molecular formula is C23H21F2N3O. The van der Waals surface area contributed by atoms with Gasteiger partial charge in [-0.05, 0) is 34.9 Å². The van der Waals surface area contributed by atoms with Gasteiger partial charge < -0.3 is 10.2 Å². The third kappa shape index (κ3) is 3.12. The standard InChI is InChI=1S/C23H21F2N3O/c1-14(28-8-6-23(24,25)7-9-28)15-2-4-19-17(10-15)12-26-21(19)16-3-5-20-18(11-16)13-27-22(20)29/h2-5,10-11H,1,6-9,12-13H2,(H,27,29). The molecule has 0 aromatic heterocycles. The van der Waals surface area contributed by atoms with Crippen molar-refractivity contribution in [2.45, 2.75) is 31.9 Å². The third-order valence-electron chi connectivity index (χ3n) is 6.04. The highest BCUT2D eigenvalue weighted by Crippen LogP contribution is 2.33. The average molecular weight is 393 g/mol. The van der Waals surface area contributed by atoms with Crippen LogP contribution in [0, 0.1) is 0 Å². The molecule has 4 nitrogen and oxygen atoms in total. The Bertz CT molecular complexity index is 1060. The van der Waals surface area contributed by atoms with E-state index in [1.165, 1.54) is 0 Å². The van der Waals surface area contributed by atoms with Crippen LogP contribution in [0.15, 0.2) is 48.0 Å². The number of likely N-dealkylation sites (tertiary alicyclic amines) is 1. The van der Waals surface area contributed by atoms with E-state index < -0.39 is 5.92 Å². The van der Waals surface area contributed by atoms with E-state index in [0.717, 1.165) is 44.8 Å². The van der Waals surface area contributed by atoms with Gasteiger partial charge in [-0.1, -0.05) is 24.8 Å². The second-order valence-electron chi connectivity index (χ2n) is 7.88. The Kier molecular flexibility index (Phi) is 4.05. The fourth-order valence-electron chi connectivity index (χ4n) is 4.30. The molecule has 0 atom stereocenters. The van der Waals surface area contributed by atoms with Crippen LogP contribution in [-0.4, -0.2) is 35.5 Å². The summed E-state index contributed by atoms with van der Waals surface area (Å²) in [7, 11) is 0. The van der Waals surface area contributed by atoms with Gasteiger partial charge in [0.05, 0.1) is 12.3 Å². The van der Waals surface area contributed by atoms with Crippen molar-refractivity contribution in [2.75, 3.05) is 13.1 Å². The lowest BCUT2D eigenvalue weighted by Gasteiger charge is -2.34. The molecule has 3 aliphatic rings. The van der Waals surface area contributed by atoms with Crippen LogP contribution in [0.25, 0.3) is 5.70 Å². The number of nitrogens with zero attached hydrogens (tertiary/aromatic N) is 2.